The zero-order valence-corrected chi connectivity index (χ0v) is 19.0. The topological polar surface area (TPSA) is 69.2 Å². The Balaban J connectivity index is 2.05. The third-order valence-corrected chi connectivity index (χ3v) is 5.06. The summed E-state index contributed by atoms with van der Waals surface area (Å²) in [7, 11) is 10.6. The van der Waals surface area contributed by atoms with Crippen molar-refractivity contribution in [1.29, 1.82) is 0 Å². The standard InChI is InChI=1S/C23H30N4O4/c1-26(2)9-10-27(14-16-7-8-19(28-3)20(11-16)29-4)23-17-12-21(30-5)22(31-6)13-18(17)24-15-25-23/h7-8,11-13,15H,9-10,14H2,1-6H3. The molecule has 0 spiro atoms. The highest BCUT2D eigenvalue weighted by Gasteiger charge is 2.17. The minimum Gasteiger partial charge on any atom is -0.493 e. The molecule has 2 aromatic carbocycles. The average Bonchev–Trinajstić information content (AvgIpc) is 2.80. The molecule has 0 aliphatic carbocycles. The van der Waals surface area contributed by atoms with Crippen molar-refractivity contribution < 1.29 is 18.9 Å². The van der Waals surface area contributed by atoms with Gasteiger partial charge in [-0.1, -0.05) is 6.07 Å². The summed E-state index contributed by atoms with van der Waals surface area (Å²) < 4.78 is 21.8. The molecule has 8 heteroatoms. The van der Waals surface area contributed by atoms with Crippen LogP contribution in [-0.4, -0.2) is 70.5 Å². The first kappa shape index (κ1) is 22.4. The van der Waals surface area contributed by atoms with E-state index in [-0.39, 0.29) is 0 Å². The van der Waals surface area contributed by atoms with Gasteiger partial charge in [-0.05, 0) is 37.9 Å². The largest absolute Gasteiger partial charge is 0.493 e. The van der Waals surface area contributed by atoms with Crippen LogP contribution >= 0.6 is 0 Å². The number of nitrogens with zero attached hydrogens (tertiary/aromatic N) is 4. The number of likely N-dealkylation sites (N-methyl/N-ethyl adjacent to an activating group) is 1. The van der Waals surface area contributed by atoms with Crippen LogP contribution in [-0.2, 0) is 6.54 Å². The molecule has 0 saturated heterocycles. The van der Waals surface area contributed by atoms with Gasteiger partial charge in [0.25, 0.3) is 0 Å². The maximum atomic E-state index is 5.51. The molecule has 0 aliphatic rings. The van der Waals surface area contributed by atoms with Gasteiger partial charge in [-0.2, -0.15) is 0 Å². The van der Waals surface area contributed by atoms with Crippen LogP contribution < -0.4 is 23.8 Å². The van der Waals surface area contributed by atoms with E-state index in [2.05, 4.69) is 33.9 Å². The van der Waals surface area contributed by atoms with Crippen molar-refractivity contribution in [2.45, 2.75) is 6.54 Å². The van der Waals surface area contributed by atoms with Crippen LogP contribution in [0.5, 0.6) is 23.0 Å². The smallest absolute Gasteiger partial charge is 0.162 e. The molecule has 166 valence electrons. The third kappa shape index (κ3) is 5.08. The lowest BCUT2D eigenvalue weighted by Gasteiger charge is -2.27. The van der Waals surface area contributed by atoms with E-state index in [0.29, 0.717) is 29.5 Å². The van der Waals surface area contributed by atoms with E-state index >= 15 is 0 Å². The van der Waals surface area contributed by atoms with Gasteiger partial charge in [0.1, 0.15) is 12.1 Å². The second kappa shape index (κ2) is 10.2. The molecular weight excluding hydrogens is 396 g/mol. The van der Waals surface area contributed by atoms with Crippen LogP contribution in [0, 0.1) is 0 Å². The predicted molar refractivity (Wildman–Crippen MR) is 122 cm³/mol. The first-order chi connectivity index (χ1) is 15.0. The van der Waals surface area contributed by atoms with E-state index in [1.807, 2.05) is 30.3 Å². The van der Waals surface area contributed by atoms with E-state index in [0.717, 1.165) is 35.4 Å². The molecule has 0 fully saturated rings. The number of rotatable bonds is 10. The zero-order valence-electron chi connectivity index (χ0n) is 19.0. The first-order valence-electron chi connectivity index (χ1n) is 9.98. The van der Waals surface area contributed by atoms with Crippen molar-refractivity contribution in [2.75, 3.05) is 60.5 Å². The fourth-order valence-electron chi connectivity index (χ4n) is 3.40. The van der Waals surface area contributed by atoms with Crippen LogP contribution in [0.25, 0.3) is 10.9 Å². The summed E-state index contributed by atoms with van der Waals surface area (Å²) in [5.74, 6) is 3.52. The number of benzene rings is 2. The molecule has 0 aliphatic heterocycles. The molecule has 3 aromatic rings. The molecule has 3 rings (SSSR count). The van der Waals surface area contributed by atoms with Gasteiger partial charge in [-0.15, -0.1) is 0 Å². The van der Waals surface area contributed by atoms with Gasteiger partial charge in [0, 0.05) is 31.1 Å². The van der Waals surface area contributed by atoms with Crippen LogP contribution in [0.3, 0.4) is 0 Å². The lowest BCUT2D eigenvalue weighted by molar-refractivity contribution is 0.354. The quantitative estimate of drug-likeness (QED) is 0.489. The minimum absolute atomic E-state index is 0.638. The second-order valence-electron chi connectivity index (χ2n) is 7.34. The van der Waals surface area contributed by atoms with Gasteiger partial charge in [-0.3, -0.25) is 0 Å². The van der Waals surface area contributed by atoms with Gasteiger partial charge >= 0.3 is 0 Å². The lowest BCUT2D eigenvalue weighted by atomic mass is 10.1. The van der Waals surface area contributed by atoms with Crippen molar-refractivity contribution in [1.82, 2.24) is 14.9 Å². The van der Waals surface area contributed by atoms with E-state index in [1.165, 1.54) is 0 Å². The summed E-state index contributed by atoms with van der Waals surface area (Å²) in [5, 5.41) is 0.902. The van der Waals surface area contributed by atoms with Gasteiger partial charge in [0.15, 0.2) is 23.0 Å². The summed E-state index contributed by atoms with van der Waals surface area (Å²) in [5.41, 5.74) is 1.88. The highest BCUT2D eigenvalue weighted by molar-refractivity contribution is 5.92. The SMILES string of the molecule is COc1ccc(CN(CCN(C)C)c2ncnc3cc(OC)c(OC)cc23)cc1OC. The van der Waals surface area contributed by atoms with Crippen molar-refractivity contribution in [3.8, 4) is 23.0 Å². The fourth-order valence-corrected chi connectivity index (χ4v) is 3.40. The second-order valence-corrected chi connectivity index (χ2v) is 7.34. The molecular formula is C23H30N4O4. The highest BCUT2D eigenvalue weighted by Crippen LogP contribution is 2.35. The van der Waals surface area contributed by atoms with Crippen LogP contribution in [0.2, 0.25) is 0 Å². The minimum atomic E-state index is 0.638. The van der Waals surface area contributed by atoms with Crippen molar-refractivity contribution in [3.63, 3.8) is 0 Å². The van der Waals surface area contributed by atoms with Crippen LogP contribution in [0.4, 0.5) is 5.82 Å². The van der Waals surface area contributed by atoms with Crippen LogP contribution in [0.15, 0.2) is 36.7 Å². The van der Waals surface area contributed by atoms with E-state index in [1.54, 1.807) is 34.8 Å². The molecule has 0 N–H and O–H groups in total. The zero-order chi connectivity index (χ0) is 22.4. The molecule has 0 unspecified atom stereocenters. The Bertz CT molecular complexity index is 1030. The molecule has 31 heavy (non-hydrogen) atoms. The fraction of sp³-hybridized carbons (Fsp3) is 0.391. The number of fused-ring (bicyclic) bond motifs is 1. The Morgan fingerprint density at radius 3 is 2.03 bits per heavy atom. The van der Waals surface area contributed by atoms with Crippen molar-refractivity contribution >= 4 is 16.7 Å². The molecule has 0 saturated carbocycles. The third-order valence-electron chi connectivity index (χ3n) is 5.06. The molecule has 0 bridgehead atoms. The molecule has 8 nitrogen and oxygen atoms in total. The maximum Gasteiger partial charge on any atom is 0.162 e. The Morgan fingerprint density at radius 1 is 0.742 bits per heavy atom. The Hall–Kier alpha value is -3.26. The Kier molecular flexibility index (Phi) is 7.36. The van der Waals surface area contributed by atoms with Gasteiger partial charge in [-0.25, -0.2) is 9.97 Å². The predicted octanol–water partition coefficient (Wildman–Crippen LogP) is 3.23. The monoisotopic (exact) mass is 426 g/mol. The summed E-state index contributed by atoms with van der Waals surface area (Å²) in [6, 6.07) is 9.76. The molecule has 0 amide bonds. The number of hydrogen-bond donors (Lipinski definition) is 0. The summed E-state index contributed by atoms with van der Waals surface area (Å²) in [4.78, 5) is 13.5. The molecule has 0 atom stereocenters. The number of hydrogen-bond acceptors (Lipinski definition) is 8. The lowest BCUT2D eigenvalue weighted by Crippen LogP contribution is -2.32. The normalized spacial score (nSPS) is 10.9. The Morgan fingerprint density at radius 2 is 1.39 bits per heavy atom. The van der Waals surface area contributed by atoms with Crippen LogP contribution in [0.1, 0.15) is 5.56 Å². The molecule has 1 heterocycles. The number of ether oxygens (including phenoxy) is 4. The van der Waals surface area contributed by atoms with E-state index < -0.39 is 0 Å². The first-order valence-corrected chi connectivity index (χ1v) is 9.98. The Labute approximate surface area is 183 Å². The van der Waals surface area contributed by atoms with Crippen molar-refractivity contribution in [3.05, 3.63) is 42.2 Å². The van der Waals surface area contributed by atoms with E-state index in [4.69, 9.17) is 18.9 Å². The number of methoxy groups -OCH3 is 4. The average molecular weight is 427 g/mol. The summed E-state index contributed by atoms with van der Waals surface area (Å²) in [6.45, 7) is 2.29. The molecule has 1 aromatic heterocycles. The van der Waals surface area contributed by atoms with Gasteiger partial charge in [0.2, 0.25) is 0 Å². The van der Waals surface area contributed by atoms with Gasteiger partial charge < -0.3 is 28.7 Å². The van der Waals surface area contributed by atoms with E-state index in [9.17, 15) is 0 Å². The summed E-state index contributed by atoms with van der Waals surface area (Å²) in [6.07, 6.45) is 1.58. The van der Waals surface area contributed by atoms with Crippen molar-refractivity contribution in [2.24, 2.45) is 0 Å². The number of anilines is 1. The maximum absolute atomic E-state index is 5.51. The molecule has 0 radical (unpaired) electrons. The highest BCUT2D eigenvalue weighted by atomic mass is 16.5. The summed E-state index contributed by atoms with van der Waals surface area (Å²) >= 11 is 0. The van der Waals surface area contributed by atoms with Gasteiger partial charge in [0.05, 0.1) is 34.0 Å². The number of aromatic nitrogens is 2.